The minimum atomic E-state index is -0.925. The van der Waals surface area contributed by atoms with Crippen LogP contribution in [0.5, 0.6) is 5.75 Å². The SMILES string of the molecule is CCN(CC)c1ccc(C(=O)O[C@H](C)C(=O)Nc2cccc(OC)c2)cc1. The maximum atomic E-state index is 12.3. The molecule has 0 heterocycles. The van der Waals surface area contributed by atoms with Crippen molar-refractivity contribution in [2.45, 2.75) is 26.9 Å². The van der Waals surface area contributed by atoms with Crippen molar-refractivity contribution in [3.05, 3.63) is 54.1 Å². The van der Waals surface area contributed by atoms with E-state index in [1.165, 1.54) is 6.92 Å². The van der Waals surface area contributed by atoms with Gasteiger partial charge in [-0.05, 0) is 57.2 Å². The van der Waals surface area contributed by atoms with Crippen LogP contribution in [0.15, 0.2) is 48.5 Å². The van der Waals surface area contributed by atoms with E-state index in [4.69, 9.17) is 9.47 Å². The first kappa shape index (κ1) is 20.3. The third-order valence-electron chi connectivity index (χ3n) is 4.22. The van der Waals surface area contributed by atoms with Gasteiger partial charge in [-0.25, -0.2) is 4.79 Å². The van der Waals surface area contributed by atoms with Gasteiger partial charge >= 0.3 is 5.97 Å². The van der Waals surface area contributed by atoms with E-state index in [0.717, 1.165) is 18.8 Å². The molecular formula is C21H26N2O4. The summed E-state index contributed by atoms with van der Waals surface area (Å²) in [6.45, 7) is 7.48. The van der Waals surface area contributed by atoms with E-state index in [9.17, 15) is 9.59 Å². The number of carbonyl (C=O) groups is 2. The van der Waals surface area contributed by atoms with E-state index in [-0.39, 0.29) is 0 Å². The van der Waals surface area contributed by atoms with Gasteiger partial charge in [-0.1, -0.05) is 6.07 Å². The molecule has 0 aromatic heterocycles. The molecule has 0 bridgehead atoms. The van der Waals surface area contributed by atoms with E-state index >= 15 is 0 Å². The van der Waals surface area contributed by atoms with Crippen molar-refractivity contribution in [3.8, 4) is 5.75 Å². The third kappa shape index (κ3) is 5.48. The lowest BCUT2D eigenvalue weighted by atomic mass is 10.2. The van der Waals surface area contributed by atoms with E-state index < -0.39 is 18.0 Å². The van der Waals surface area contributed by atoms with Gasteiger partial charge in [0.2, 0.25) is 0 Å². The molecule has 2 aromatic carbocycles. The van der Waals surface area contributed by atoms with Gasteiger partial charge in [-0.2, -0.15) is 0 Å². The van der Waals surface area contributed by atoms with Gasteiger partial charge in [0.15, 0.2) is 6.10 Å². The first-order valence-corrected chi connectivity index (χ1v) is 8.99. The van der Waals surface area contributed by atoms with Crippen molar-refractivity contribution >= 4 is 23.3 Å². The monoisotopic (exact) mass is 370 g/mol. The highest BCUT2D eigenvalue weighted by Gasteiger charge is 2.19. The number of nitrogens with zero attached hydrogens (tertiary/aromatic N) is 1. The van der Waals surface area contributed by atoms with Crippen LogP contribution in [-0.2, 0) is 9.53 Å². The Balaban J connectivity index is 1.96. The summed E-state index contributed by atoms with van der Waals surface area (Å²) in [4.78, 5) is 26.7. The van der Waals surface area contributed by atoms with Crippen molar-refractivity contribution in [2.75, 3.05) is 30.4 Å². The Hall–Kier alpha value is -3.02. The van der Waals surface area contributed by atoms with E-state index in [0.29, 0.717) is 17.0 Å². The van der Waals surface area contributed by atoms with E-state index in [1.807, 2.05) is 12.1 Å². The number of amides is 1. The first-order valence-electron chi connectivity index (χ1n) is 8.99. The maximum absolute atomic E-state index is 12.3. The van der Waals surface area contributed by atoms with Crippen LogP contribution in [-0.4, -0.2) is 38.2 Å². The number of esters is 1. The van der Waals surface area contributed by atoms with Crippen LogP contribution >= 0.6 is 0 Å². The van der Waals surface area contributed by atoms with Crippen LogP contribution in [0.3, 0.4) is 0 Å². The highest BCUT2D eigenvalue weighted by Crippen LogP contribution is 2.18. The lowest BCUT2D eigenvalue weighted by Crippen LogP contribution is -2.30. The van der Waals surface area contributed by atoms with Crippen LogP contribution in [0.1, 0.15) is 31.1 Å². The summed E-state index contributed by atoms with van der Waals surface area (Å²) in [5.41, 5.74) is 2.03. The van der Waals surface area contributed by atoms with Crippen LogP contribution < -0.4 is 15.0 Å². The largest absolute Gasteiger partial charge is 0.497 e. The average molecular weight is 370 g/mol. The third-order valence-corrected chi connectivity index (χ3v) is 4.22. The number of hydrogen-bond acceptors (Lipinski definition) is 5. The molecule has 0 spiro atoms. The molecule has 0 unspecified atom stereocenters. The summed E-state index contributed by atoms with van der Waals surface area (Å²) in [7, 11) is 1.55. The lowest BCUT2D eigenvalue weighted by molar-refractivity contribution is -0.123. The van der Waals surface area contributed by atoms with Gasteiger partial charge in [0.25, 0.3) is 5.91 Å². The number of ether oxygens (including phenoxy) is 2. The zero-order valence-corrected chi connectivity index (χ0v) is 16.2. The van der Waals surface area contributed by atoms with E-state index in [2.05, 4.69) is 24.1 Å². The Morgan fingerprint density at radius 1 is 1.07 bits per heavy atom. The molecule has 6 nitrogen and oxygen atoms in total. The highest BCUT2D eigenvalue weighted by atomic mass is 16.5. The van der Waals surface area contributed by atoms with Crippen molar-refractivity contribution in [3.63, 3.8) is 0 Å². The molecule has 0 aliphatic rings. The molecule has 1 atom stereocenters. The maximum Gasteiger partial charge on any atom is 0.338 e. The number of methoxy groups -OCH3 is 1. The van der Waals surface area contributed by atoms with Crippen LogP contribution in [0.4, 0.5) is 11.4 Å². The molecular weight excluding hydrogens is 344 g/mol. The summed E-state index contributed by atoms with van der Waals surface area (Å²) in [6.07, 6.45) is -0.925. The van der Waals surface area contributed by atoms with Crippen molar-refractivity contribution in [1.82, 2.24) is 0 Å². The fraction of sp³-hybridized carbons (Fsp3) is 0.333. The summed E-state index contributed by atoms with van der Waals surface area (Å²) in [5, 5.41) is 2.71. The zero-order valence-electron chi connectivity index (χ0n) is 16.2. The van der Waals surface area contributed by atoms with Crippen LogP contribution in [0.25, 0.3) is 0 Å². The second-order valence-corrected chi connectivity index (χ2v) is 5.99. The number of nitrogens with one attached hydrogen (secondary N) is 1. The molecule has 0 radical (unpaired) electrons. The Morgan fingerprint density at radius 3 is 2.33 bits per heavy atom. The summed E-state index contributed by atoms with van der Waals surface area (Å²) in [5.74, 6) is -0.309. The van der Waals surface area contributed by atoms with Crippen LogP contribution in [0.2, 0.25) is 0 Å². The second kappa shape index (κ2) is 9.62. The standard InChI is InChI=1S/C21H26N2O4/c1-5-23(6-2)18-12-10-16(11-13-18)21(25)27-15(3)20(24)22-17-8-7-9-19(14-17)26-4/h7-15H,5-6H2,1-4H3,(H,22,24)/t15-/m1/s1. The predicted molar refractivity (Wildman–Crippen MR) is 107 cm³/mol. The predicted octanol–water partition coefficient (Wildman–Crippen LogP) is 3.73. The second-order valence-electron chi connectivity index (χ2n) is 5.99. The molecule has 0 aliphatic heterocycles. The van der Waals surface area contributed by atoms with Crippen molar-refractivity contribution < 1.29 is 19.1 Å². The molecule has 0 saturated carbocycles. The molecule has 0 aliphatic carbocycles. The van der Waals surface area contributed by atoms with E-state index in [1.54, 1.807) is 43.5 Å². The summed E-state index contributed by atoms with van der Waals surface area (Å²) in [6, 6.07) is 14.2. The molecule has 1 N–H and O–H groups in total. The van der Waals surface area contributed by atoms with Crippen LogP contribution in [0, 0.1) is 0 Å². The van der Waals surface area contributed by atoms with Gasteiger partial charge in [-0.15, -0.1) is 0 Å². The molecule has 0 fully saturated rings. The molecule has 2 rings (SSSR count). The summed E-state index contributed by atoms with van der Waals surface area (Å²) >= 11 is 0. The lowest BCUT2D eigenvalue weighted by Gasteiger charge is -2.21. The van der Waals surface area contributed by atoms with Crippen molar-refractivity contribution in [2.24, 2.45) is 0 Å². The van der Waals surface area contributed by atoms with Crippen molar-refractivity contribution in [1.29, 1.82) is 0 Å². The minimum absolute atomic E-state index is 0.406. The van der Waals surface area contributed by atoms with Gasteiger partial charge in [0, 0.05) is 30.5 Å². The highest BCUT2D eigenvalue weighted by molar-refractivity contribution is 5.97. The average Bonchev–Trinajstić information content (AvgIpc) is 2.69. The molecule has 2 aromatic rings. The Kier molecular flexibility index (Phi) is 7.23. The topological polar surface area (TPSA) is 67.9 Å². The van der Waals surface area contributed by atoms with Gasteiger partial charge in [-0.3, -0.25) is 4.79 Å². The normalized spacial score (nSPS) is 11.4. The molecule has 6 heteroatoms. The fourth-order valence-corrected chi connectivity index (χ4v) is 2.62. The Morgan fingerprint density at radius 2 is 1.74 bits per heavy atom. The zero-order chi connectivity index (χ0) is 19.8. The first-order chi connectivity index (χ1) is 13.0. The van der Waals surface area contributed by atoms with Gasteiger partial charge < -0.3 is 19.7 Å². The quantitative estimate of drug-likeness (QED) is 0.717. The fourth-order valence-electron chi connectivity index (χ4n) is 2.62. The summed E-state index contributed by atoms with van der Waals surface area (Å²) < 4.78 is 10.4. The molecule has 1 amide bonds. The Labute approximate surface area is 160 Å². The smallest absolute Gasteiger partial charge is 0.338 e. The number of hydrogen-bond donors (Lipinski definition) is 1. The molecule has 0 saturated heterocycles. The molecule has 27 heavy (non-hydrogen) atoms. The van der Waals surface area contributed by atoms with Gasteiger partial charge in [0.1, 0.15) is 5.75 Å². The molecule has 144 valence electrons. The minimum Gasteiger partial charge on any atom is -0.497 e. The van der Waals surface area contributed by atoms with Gasteiger partial charge in [0.05, 0.1) is 12.7 Å². The number of anilines is 2. The Bertz CT molecular complexity index is 770. The number of rotatable bonds is 8. The number of benzene rings is 2. The number of carbonyl (C=O) groups excluding carboxylic acids is 2.